The molecule has 3 N–H and O–H groups in total. The van der Waals surface area contributed by atoms with Crippen LogP contribution in [0.15, 0.2) is 18.2 Å². The quantitative estimate of drug-likeness (QED) is 0.715. The molecule has 1 aromatic carbocycles. The number of carbonyl (C=O) groups is 2. The normalized spacial score (nSPS) is 21.1. The lowest BCUT2D eigenvalue weighted by Crippen LogP contribution is -2.51. The molecule has 2 atom stereocenters. The van der Waals surface area contributed by atoms with Gasteiger partial charge in [-0.25, -0.2) is 0 Å². The van der Waals surface area contributed by atoms with Gasteiger partial charge >= 0.3 is 0 Å². The summed E-state index contributed by atoms with van der Waals surface area (Å²) in [5.41, 5.74) is 0.593. The van der Waals surface area contributed by atoms with Crippen molar-refractivity contribution in [2.75, 3.05) is 7.05 Å². The van der Waals surface area contributed by atoms with E-state index >= 15 is 0 Å². The highest BCUT2D eigenvalue weighted by Gasteiger charge is 2.32. The molecular formula is C14H18N2O4. The Morgan fingerprint density at radius 2 is 2.05 bits per heavy atom. The van der Waals surface area contributed by atoms with Crippen LogP contribution >= 0.6 is 0 Å². The summed E-state index contributed by atoms with van der Waals surface area (Å²) in [6.45, 7) is 1.82. The summed E-state index contributed by atoms with van der Waals surface area (Å²) in [6, 6.07) is 3.62. The molecule has 1 aromatic rings. The highest BCUT2D eigenvalue weighted by Crippen LogP contribution is 2.28. The molecule has 2 unspecified atom stereocenters. The second-order valence-corrected chi connectivity index (χ2v) is 5.01. The summed E-state index contributed by atoms with van der Waals surface area (Å²) in [7, 11) is 1.47. The van der Waals surface area contributed by atoms with Crippen LogP contribution in [0.25, 0.3) is 0 Å². The number of likely N-dealkylation sites (tertiary alicyclic amines) is 1. The van der Waals surface area contributed by atoms with Gasteiger partial charge in [0.25, 0.3) is 0 Å². The van der Waals surface area contributed by atoms with E-state index in [2.05, 4.69) is 5.32 Å². The van der Waals surface area contributed by atoms with Gasteiger partial charge in [0, 0.05) is 31.1 Å². The smallest absolute Gasteiger partial charge is 0.246 e. The first-order valence-electron chi connectivity index (χ1n) is 6.48. The van der Waals surface area contributed by atoms with Crippen LogP contribution in [0, 0.1) is 0 Å². The number of benzene rings is 1. The van der Waals surface area contributed by atoms with E-state index in [1.807, 2.05) is 6.92 Å². The van der Waals surface area contributed by atoms with Crippen molar-refractivity contribution in [2.45, 2.75) is 31.8 Å². The van der Waals surface area contributed by atoms with Crippen LogP contribution in [-0.2, 0) is 9.59 Å². The van der Waals surface area contributed by atoms with Crippen molar-refractivity contribution in [1.82, 2.24) is 10.2 Å². The molecule has 108 valence electrons. The van der Waals surface area contributed by atoms with Crippen molar-refractivity contribution in [1.29, 1.82) is 0 Å². The first-order chi connectivity index (χ1) is 9.40. The maximum Gasteiger partial charge on any atom is 0.246 e. The number of likely N-dealkylation sites (N-methyl/N-ethyl adjacent to an activating group) is 1. The highest BCUT2D eigenvalue weighted by molar-refractivity contribution is 6.00. The van der Waals surface area contributed by atoms with Gasteiger partial charge in [0.15, 0.2) is 0 Å². The molecule has 1 heterocycles. The third-order valence-corrected chi connectivity index (χ3v) is 3.58. The van der Waals surface area contributed by atoms with E-state index < -0.39 is 6.04 Å². The Morgan fingerprint density at radius 1 is 1.35 bits per heavy atom. The first kappa shape index (κ1) is 14.3. The van der Waals surface area contributed by atoms with Gasteiger partial charge in [-0.1, -0.05) is 6.07 Å². The van der Waals surface area contributed by atoms with Crippen molar-refractivity contribution in [3.8, 4) is 11.5 Å². The molecule has 6 heteroatoms. The fraction of sp³-hybridized carbons (Fsp3) is 0.429. The van der Waals surface area contributed by atoms with Crippen LogP contribution in [0.2, 0.25) is 0 Å². The first-order valence-corrected chi connectivity index (χ1v) is 6.48. The van der Waals surface area contributed by atoms with Crippen molar-refractivity contribution in [3.05, 3.63) is 23.8 Å². The molecule has 0 radical (unpaired) electrons. The molecule has 0 spiro atoms. The second-order valence-electron chi connectivity index (χ2n) is 5.01. The number of phenols is 2. The Kier molecular flexibility index (Phi) is 3.94. The van der Waals surface area contributed by atoms with Gasteiger partial charge < -0.3 is 10.2 Å². The zero-order chi connectivity index (χ0) is 14.9. The molecule has 6 nitrogen and oxygen atoms in total. The number of rotatable bonds is 3. The Morgan fingerprint density at radius 3 is 2.70 bits per heavy atom. The van der Waals surface area contributed by atoms with Crippen molar-refractivity contribution >= 4 is 11.8 Å². The lowest BCUT2D eigenvalue weighted by Gasteiger charge is -2.30. The third-order valence-electron chi connectivity index (χ3n) is 3.58. The average Bonchev–Trinajstić information content (AvgIpc) is 2.39. The van der Waals surface area contributed by atoms with Gasteiger partial charge in [-0.3, -0.25) is 19.8 Å². The van der Waals surface area contributed by atoms with Gasteiger partial charge in [0.2, 0.25) is 11.8 Å². The van der Waals surface area contributed by atoms with Crippen molar-refractivity contribution in [3.63, 3.8) is 0 Å². The molecular weight excluding hydrogens is 260 g/mol. The van der Waals surface area contributed by atoms with E-state index in [0.29, 0.717) is 18.4 Å². The summed E-state index contributed by atoms with van der Waals surface area (Å²) >= 11 is 0. The van der Waals surface area contributed by atoms with Crippen LogP contribution in [0.1, 0.15) is 31.4 Å². The largest absolute Gasteiger partial charge is 0.508 e. The van der Waals surface area contributed by atoms with Gasteiger partial charge in [-0.05, 0) is 19.4 Å². The fourth-order valence-corrected chi connectivity index (χ4v) is 2.36. The van der Waals surface area contributed by atoms with Gasteiger partial charge in [0.05, 0.1) is 6.04 Å². The van der Waals surface area contributed by atoms with E-state index in [1.54, 1.807) is 6.07 Å². The van der Waals surface area contributed by atoms with Gasteiger partial charge in [0.1, 0.15) is 11.5 Å². The molecule has 0 aliphatic carbocycles. The predicted octanol–water partition coefficient (Wildman–Crippen LogP) is 0.896. The van der Waals surface area contributed by atoms with E-state index in [-0.39, 0.29) is 29.4 Å². The van der Waals surface area contributed by atoms with E-state index in [0.717, 1.165) is 4.90 Å². The van der Waals surface area contributed by atoms with Crippen molar-refractivity contribution < 1.29 is 19.8 Å². The molecule has 1 fully saturated rings. The number of aromatic hydroxyl groups is 2. The molecule has 1 aliphatic rings. The summed E-state index contributed by atoms with van der Waals surface area (Å²) in [5, 5.41) is 22.2. The minimum atomic E-state index is -0.444. The number of piperidine rings is 1. The van der Waals surface area contributed by atoms with Crippen LogP contribution in [0.5, 0.6) is 11.5 Å². The summed E-state index contributed by atoms with van der Waals surface area (Å²) in [4.78, 5) is 24.5. The van der Waals surface area contributed by atoms with Crippen LogP contribution in [-0.4, -0.2) is 40.0 Å². The predicted molar refractivity (Wildman–Crippen MR) is 72.1 cm³/mol. The molecule has 0 bridgehead atoms. The number of carbonyl (C=O) groups excluding carboxylic acids is 2. The maximum atomic E-state index is 12.0. The number of nitrogens with zero attached hydrogens (tertiary/aromatic N) is 1. The number of hydrogen-bond acceptors (Lipinski definition) is 5. The SMILES string of the molecule is CC(NC1CCC(=O)N(C)C1=O)c1ccc(O)cc1O. The lowest BCUT2D eigenvalue weighted by molar-refractivity contribution is -0.148. The second kappa shape index (κ2) is 5.50. The number of imide groups is 1. The Hall–Kier alpha value is -2.08. The fourth-order valence-electron chi connectivity index (χ4n) is 2.36. The van der Waals surface area contributed by atoms with Gasteiger partial charge in [-0.2, -0.15) is 0 Å². The third kappa shape index (κ3) is 2.75. The molecule has 20 heavy (non-hydrogen) atoms. The van der Waals surface area contributed by atoms with Crippen molar-refractivity contribution in [2.24, 2.45) is 0 Å². The summed E-state index contributed by atoms with van der Waals surface area (Å²) < 4.78 is 0. The monoisotopic (exact) mass is 278 g/mol. The Bertz CT molecular complexity index is 544. The van der Waals surface area contributed by atoms with Gasteiger partial charge in [-0.15, -0.1) is 0 Å². The van der Waals surface area contributed by atoms with Crippen LogP contribution < -0.4 is 5.32 Å². The Labute approximate surface area is 117 Å². The Balaban J connectivity index is 2.09. The topological polar surface area (TPSA) is 89.9 Å². The molecule has 2 rings (SSSR count). The van der Waals surface area contributed by atoms with Crippen LogP contribution in [0.3, 0.4) is 0 Å². The molecule has 1 aliphatic heterocycles. The molecule has 1 saturated heterocycles. The number of phenolic OH excluding ortho intramolecular Hbond substituents is 2. The van der Waals surface area contributed by atoms with E-state index in [1.165, 1.54) is 19.2 Å². The molecule has 0 saturated carbocycles. The zero-order valence-corrected chi connectivity index (χ0v) is 11.5. The average molecular weight is 278 g/mol. The minimum Gasteiger partial charge on any atom is -0.508 e. The lowest BCUT2D eigenvalue weighted by atomic mass is 10.0. The summed E-state index contributed by atoms with van der Waals surface area (Å²) in [5.74, 6) is -0.477. The van der Waals surface area contributed by atoms with E-state index in [9.17, 15) is 19.8 Å². The summed E-state index contributed by atoms with van der Waals surface area (Å²) in [6.07, 6.45) is 0.777. The standard InChI is InChI=1S/C14H18N2O4/c1-8(10-4-3-9(17)7-12(10)18)15-11-5-6-13(19)16(2)14(11)20/h3-4,7-8,11,15,17-18H,5-6H2,1-2H3. The minimum absolute atomic E-state index is 0.0162. The highest BCUT2D eigenvalue weighted by atomic mass is 16.3. The zero-order valence-electron chi connectivity index (χ0n) is 11.5. The maximum absolute atomic E-state index is 12.0. The number of amides is 2. The van der Waals surface area contributed by atoms with E-state index in [4.69, 9.17) is 0 Å². The van der Waals surface area contributed by atoms with Crippen LogP contribution in [0.4, 0.5) is 0 Å². The molecule has 2 amide bonds. The molecule has 0 aromatic heterocycles. The number of nitrogens with one attached hydrogen (secondary N) is 1. The number of hydrogen-bond donors (Lipinski definition) is 3.